The van der Waals surface area contributed by atoms with Gasteiger partial charge < -0.3 is 15.5 Å². The molecule has 0 heterocycles. The average molecular weight is 345 g/mol. The van der Waals surface area contributed by atoms with Crippen molar-refractivity contribution in [3.8, 4) is 0 Å². The summed E-state index contributed by atoms with van der Waals surface area (Å²) in [7, 11) is 5.46. The number of nitrogens with one attached hydrogen (secondary N) is 2. The highest BCUT2D eigenvalue weighted by molar-refractivity contribution is 5.85. The maximum absolute atomic E-state index is 12.6. The summed E-state index contributed by atoms with van der Waals surface area (Å²) >= 11 is 0. The summed E-state index contributed by atoms with van der Waals surface area (Å²) in [6, 6.07) is 10.5. The largest absolute Gasteiger partial charge is 0.356 e. The Hall–Kier alpha value is -2.04. The van der Waals surface area contributed by atoms with Crippen molar-refractivity contribution in [2.45, 2.75) is 38.5 Å². The van der Waals surface area contributed by atoms with Crippen LogP contribution in [0.2, 0.25) is 0 Å². The molecule has 1 aliphatic rings. The van der Waals surface area contributed by atoms with E-state index in [1.54, 1.807) is 11.9 Å². The summed E-state index contributed by atoms with van der Waals surface area (Å²) in [5.41, 5.74) is 1.02. The Morgan fingerprint density at radius 2 is 1.84 bits per heavy atom. The van der Waals surface area contributed by atoms with Crippen LogP contribution in [-0.4, -0.2) is 51.0 Å². The number of carbonyl (C=O) groups is 1. The third kappa shape index (κ3) is 4.97. The van der Waals surface area contributed by atoms with Crippen LogP contribution in [0.4, 0.5) is 0 Å². The minimum absolute atomic E-state index is 0.227. The first-order valence-corrected chi connectivity index (χ1v) is 9.20. The van der Waals surface area contributed by atoms with Gasteiger partial charge in [0.05, 0.1) is 5.41 Å². The second-order valence-corrected chi connectivity index (χ2v) is 7.31. The zero-order valence-electron chi connectivity index (χ0n) is 16.0. The lowest BCUT2D eigenvalue weighted by Gasteiger charge is -2.31. The zero-order chi connectivity index (χ0) is 18.3. The number of aliphatic imine (C=N–C) groups is 1. The smallest absolute Gasteiger partial charge is 0.230 e. The molecule has 0 bridgehead atoms. The maximum Gasteiger partial charge on any atom is 0.230 e. The van der Waals surface area contributed by atoms with Gasteiger partial charge >= 0.3 is 0 Å². The summed E-state index contributed by atoms with van der Waals surface area (Å²) < 4.78 is 0. The molecule has 1 amide bonds. The number of benzene rings is 1. The molecular formula is C20H32N4O. The number of guanidine groups is 1. The van der Waals surface area contributed by atoms with Crippen LogP contribution >= 0.6 is 0 Å². The predicted molar refractivity (Wildman–Crippen MR) is 104 cm³/mol. The van der Waals surface area contributed by atoms with E-state index in [1.165, 1.54) is 5.56 Å². The van der Waals surface area contributed by atoms with Crippen molar-refractivity contribution in [1.29, 1.82) is 0 Å². The molecular weight excluding hydrogens is 312 g/mol. The third-order valence-electron chi connectivity index (χ3n) is 5.18. The van der Waals surface area contributed by atoms with E-state index >= 15 is 0 Å². The molecule has 1 saturated carbocycles. The standard InChI is InChI=1S/C20H32N4O/c1-16(17-10-6-5-7-11-17)14-22-19(21-2)23-15-20(12-8-9-13-20)18(25)24(3)4/h5-7,10-11,16H,8-9,12-15H2,1-4H3,(H2,21,22,23). The van der Waals surface area contributed by atoms with Crippen molar-refractivity contribution in [2.24, 2.45) is 10.4 Å². The minimum atomic E-state index is -0.286. The van der Waals surface area contributed by atoms with Gasteiger partial charge in [-0.2, -0.15) is 0 Å². The molecule has 1 aromatic rings. The fourth-order valence-corrected chi connectivity index (χ4v) is 3.62. The minimum Gasteiger partial charge on any atom is -0.356 e. The summed E-state index contributed by atoms with van der Waals surface area (Å²) in [4.78, 5) is 18.7. The predicted octanol–water partition coefficient (Wildman–Crippen LogP) is 2.60. The van der Waals surface area contributed by atoms with Gasteiger partial charge in [0.2, 0.25) is 5.91 Å². The number of amides is 1. The van der Waals surface area contributed by atoms with Crippen molar-refractivity contribution in [1.82, 2.24) is 15.5 Å². The van der Waals surface area contributed by atoms with E-state index in [-0.39, 0.29) is 11.3 Å². The van der Waals surface area contributed by atoms with E-state index in [4.69, 9.17) is 0 Å². The molecule has 2 rings (SSSR count). The van der Waals surface area contributed by atoms with Crippen molar-refractivity contribution in [3.05, 3.63) is 35.9 Å². The fourth-order valence-electron chi connectivity index (χ4n) is 3.62. The molecule has 1 aliphatic carbocycles. The van der Waals surface area contributed by atoms with Crippen molar-refractivity contribution >= 4 is 11.9 Å². The average Bonchev–Trinajstić information content (AvgIpc) is 3.11. The lowest BCUT2D eigenvalue weighted by Crippen LogP contribution is -2.49. The van der Waals surface area contributed by atoms with Gasteiger partial charge in [0.15, 0.2) is 5.96 Å². The normalized spacial score (nSPS) is 17.8. The van der Waals surface area contributed by atoms with Gasteiger partial charge in [-0.15, -0.1) is 0 Å². The molecule has 5 heteroatoms. The maximum atomic E-state index is 12.6. The Morgan fingerprint density at radius 3 is 2.40 bits per heavy atom. The SMILES string of the molecule is CN=C(NCC(C)c1ccccc1)NCC1(C(=O)N(C)C)CCCC1. The monoisotopic (exact) mass is 344 g/mol. The van der Waals surface area contributed by atoms with Crippen LogP contribution in [0.5, 0.6) is 0 Å². The summed E-state index contributed by atoms with van der Waals surface area (Å²) in [5.74, 6) is 1.38. The number of hydrogen-bond acceptors (Lipinski definition) is 2. The first kappa shape index (κ1) is 19.3. The van der Waals surface area contributed by atoms with E-state index in [0.717, 1.165) is 38.2 Å². The lowest BCUT2D eigenvalue weighted by molar-refractivity contribution is -0.138. The molecule has 2 N–H and O–H groups in total. The second kappa shape index (κ2) is 8.88. The van der Waals surface area contributed by atoms with E-state index in [9.17, 15) is 4.79 Å². The molecule has 0 spiro atoms. The molecule has 5 nitrogen and oxygen atoms in total. The molecule has 0 aliphatic heterocycles. The lowest BCUT2D eigenvalue weighted by atomic mass is 9.84. The molecule has 1 fully saturated rings. The van der Waals surface area contributed by atoms with E-state index < -0.39 is 0 Å². The Kier molecular flexibility index (Phi) is 6.85. The third-order valence-corrected chi connectivity index (χ3v) is 5.18. The first-order chi connectivity index (χ1) is 12.0. The van der Waals surface area contributed by atoms with Crippen LogP contribution in [0.15, 0.2) is 35.3 Å². The summed E-state index contributed by atoms with van der Waals surface area (Å²) in [5, 5.41) is 6.78. The van der Waals surface area contributed by atoms with Gasteiger partial charge in [-0.05, 0) is 24.3 Å². The highest BCUT2D eigenvalue weighted by Crippen LogP contribution is 2.38. The van der Waals surface area contributed by atoms with Gasteiger partial charge in [-0.25, -0.2) is 0 Å². The second-order valence-electron chi connectivity index (χ2n) is 7.31. The number of rotatable bonds is 6. The number of hydrogen-bond donors (Lipinski definition) is 2. The number of nitrogens with zero attached hydrogens (tertiary/aromatic N) is 2. The van der Waals surface area contributed by atoms with Crippen LogP contribution in [0.1, 0.15) is 44.1 Å². The van der Waals surface area contributed by atoms with Gasteiger partial charge in [-0.1, -0.05) is 50.1 Å². The van der Waals surface area contributed by atoms with Crippen LogP contribution in [0.25, 0.3) is 0 Å². The fraction of sp³-hybridized carbons (Fsp3) is 0.600. The quantitative estimate of drug-likeness (QED) is 0.616. The molecule has 0 aromatic heterocycles. The Labute approximate surface area is 151 Å². The Morgan fingerprint density at radius 1 is 1.20 bits per heavy atom. The van der Waals surface area contributed by atoms with Crippen molar-refractivity contribution in [3.63, 3.8) is 0 Å². The number of carbonyl (C=O) groups excluding carboxylic acids is 1. The van der Waals surface area contributed by atoms with Crippen molar-refractivity contribution < 1.29 is 4.79 Å². The van der Waals surface area contributed by atoms with E-state index in [0.29, 0.717) is 12.5 Å². The molecule has 0 saturated heterocycles. The Balaban J connectivity index is 1.90. The Bertz CT molecular complexity index is 577. The molecule has 1 unspecified atom stereocenters. The summed E-state index contributed by atoms with van der Waals surface area (Å²) in [6.07, 6.45) is 4.15. The van der Waals surface area contributed by atoms with E-state index in [1.807, 2.05) is 20.2 Å². The van der Waals surface area contributed by atoms with Gasteiger partial charge in [-0.3, -0.25) is 9.79 Å². The van der Waals surface area contributed by atoms with Crippen LogP contribution in [0.3, 0.4) is 0 Å². The van der Waals surface area contributed by atoms with Gasteiger partial charge in [0.1, 0.15) is 0 Å². The molecule has 1 atom stereocenters. The highest BCUT2D eigenvalue weighted by Gasteiger charge is 2.42. The van der Waals surface area contributed by atoms with E-state index in [2.05, 4.69) is 46.8 Å². The summed E-state index contributed by atoms with van der Waals surface area (Å²) in [6.45, 7) is 3.64. The van der Waals surface area contributed by atoms with Crippen LogP contribution in [0, 0.1) is 5.41 Å². The zero-order valence-corrected chi connectivity index (χ0v) is 16.0. The van der Waals surface area contributed by atoms with Crippen LogP contribution < -0.4 is 10.6 Å². The highest BCUT2D eigenvalue weighted by atomic mass is 16.2. The van der Waals surface area contributed by atoms with Crippen LogP contribution in [-0.2, 0) is 4.79 Å². The van der Waals surface area contributed by atoms with Crippen molar-refractivity contribution in [2.75, 3.05) is 34.2 Å². The topological polar surface area (TPSA) is 56.7 Å². The molecule has 0 radical (unpaired) electrons. The van der Waals surface area contributed by atoms with Gasteiger partial charge in [0.25, 0.3) is 0 Å². The molecule has 25 heavy (non-hydrogen) atoms. The molecule has 1 aromatic carbocycles. The molecule has 138 valence electrons. The first-order valence-electron chi connectivity index (χ1n) is 9.20. The van der Waals surface area contributed by atoms with Gasteiger partial charge in [0, 0.05) is 34.2 Å².